The van der Waals surface area contributed by atoms with E-state index in [2.05, 4.69) is 23.0 Å². The van der Waals surface area contributed by atoms with Crippen molar-refractivity contribution in [3.8, 4) is 11.1 Å². The smallest absolute Gasteiger partial charge is 0.426 e. The molecule has 2 aromatic rings. The quantitative estimate of drug-likeness (QED) is 0.689. The molecule has 1 heterocycles. The van der Waals surface area contributed by atoms with Crippen LogP contribution in [0.1, 0.15) is 50.7 Å². The molecular formula is C25H29N3O5. The molecule has 3 amide bonds. The Hall–Kier alpha value is -3.55. The maximum absolute atomic E-state index is 12.6. The van der Waals surface area contributed by atoms with E-state index in [1.165, 1.54) is 4.90 Å². The molecule has 1 fully saturated rings. The van der Waals surface area contributed by atoms with Gasteiger partial charge in [-0.05, 0) is 55.9 Å². The molecule has 1 aliphatic carbocycles. The zero-order valence-electron chi connectivity index (χ0n) is 19.1. The van der Waals surface area contributed by atoms with Crippen LogP contribution in [0.3, 0.4) is 0 Å². The Kier molecular flexibility index (Phi) is 6.26. The van der Waals surface area contributed by atoms with Gasteiger partial charge in [-0.15, -0.1) is 0 Å². The van der Waals surface area contributed by atoms with Gasteiger partial charge in [0.1, 0.15) is 18.2 Å². The Morgan fingerprint density at radius 3 is 2.18 bits per heavy atom. The van der Waals surface area contributed by atoms with Gasteiger partial charge in [0.25, 0.3) is 5.91 Å². The van der Waals surface area contributed by atoms with Gasteiger partial charge in [0.15, 0.2) is 0 Å². The minimum Gasteiger partial charge on any atom is -0.447 e. The first-order valence-electron chi connectivity index (χ1n) is 11.1. The first-order chi connectivity index (χ1) is 15.7. The highest BCUT2D eigenvalue weighted by molar-refractivity contribution is 5.87. The summed E-state index contributed by atoms with van der Waals surface area (Å²) in [5.74, 6) is -0.553. The average Bonchev–Trinajstić information content (AvgIpc) is 3.38. The summed E-state index contributed by atoms with van der Waals surface area (Å²) in [5.41, 5.74) is 8.51. The fourth-order valence-electron chi connectivity index (χ4n) is 4.41. The van der Waals surface area contributed by atoms with Crippen molar-refractivity contribution in [2.75, 3.05) is 13.2 Å². The van der Waals surface area contributed by atoms with Crippen molar-refractivity contribution in [2.24, 2.45) is 0 Å². The highest BCUT2D eigenvalue weighted by atomic mass is 16.6. The van der Waals surface area contributed by atoms with Crippen molar-refractivity contribution in [2.45, 2.75) is 51.2 Å². The number of likely N-dealkylation sites (tertiary alicyclic amines) is 1. The van der Waals surface area contributed by atoms with Crippen molar-refractivity contribution in [3.05, 3.63) is 59.7 Å². The molecule has 8 heteroatoms. The summed E-state index contributed by atoms with van der Waals surface area (Å²) in [5, 5.41) is 0. The molecule has 4 rings (SSSR count). The molecule has 0 bridgehead atoms. The van der Waals surface area contributed by atoms with Gasteiger partial charge in [0.05, 0.1) is 0 Å². The number of ether oxygens (including phenoxy) is 2. The molecule has 2 aliphatic rings. The minimum atomic E-state index is -0.757. The van der Waals surface area contributed by atoms with Gasteiger partial charge < -0.3 is 9.47 Å². The van der Waals surface area contributed by atoms with E-state index in [1.807, 2.05) is 36.4 Å². The number of benzene rings is 2. The fourth-order valence-corrected chi connectivity index (χ4v) is 4.41. The van der Waals surface area contributed by atoms with Crippen LogP contribution in [0.2, 0.25) is 0 Å². The zero-order valence-corrected chi connectivity index (χ0v) is 19.1. The Balaban J connectivity index is 1.31. The van der Waals surface area contributed by atoms with Crippen LogP contribution in [-0.2, 0) is 14.3 Å². The first-order valence-corrected chi connectivity index (χ1v) is 11.1. The average molecular weight is 452 g/mol. The predicted octanol–water partition coefficient (Wildman–Crippen LogP) is 3.96. The number of nitrogens with one attached hydrogen (secondary N) is 2. The van der Waals surface area contributed by atoms with Gasteiger partial charge in [-0.2, -0.15) is 0 Å². The SMILES string of the molecule is CC(C)(C)OC(=O)N1CCC[C@@H]1C(=O)NNC(=O)OCC1c2ccccc2-c2ccccc21. The van der Waals surface area contributed by atoms with Crippen LogP contribution in [0, 0.1) is 0 Å². The molecule has 0 radical (unpaired) electrons. The topological polar surface area (TPSA) is 97.0 Å². The highest BCUT2D eigenvalue weighted by Crippen LogP contribution is 2.44. The third-order valence-corrected chi connectivity index (χ3v) is 5.81. The number of nitrogens with zero attached hydrogens (tertiary/aromatic N) is 1. The highest BCUT2D eigenvalue weighted by Gasteiger charge is 2.37. The normalized spacial score (nSPS) is 17.2. The molecule has 8 nitrogen and oxygen atoms in total. The Bertz CT molecular complexity index is 1020. The molecule has 0 unspecified atom stereocenters. The second kappa shape index (κ2) is 9.13. The molecule has 1 aliphatic heterocycles. The number of hydrogen-bond acceptors (Lipinski definition) is 5. The second-order valence-corrected chi connectivity index (χ2v) is 9.27. The van der Waals surface area contributed by atoms with Gasteiger partial charge >= 0.3 is 12.2 Å². The van der Waals surface area contributed by atoms with Crippen molar-refractivity contribution < 1.29 is 23.9 Å². The molecule has 2 aromatic carbocycles. The van der Waals surface area contributed by atoms with Crippen molar-refractivity contribution in [3.63, 3.8) is 0 Å². The molecule has 33 heavy (non-hydrogen) atoms. The Labute approximate surface area is 193 Å². The predicted molar refractivity (Wildman–Crippen MR) is 122 cm³/mol. The second-order valence-electron chi connectivity index (χ2n) is 9.27. The van der Waals surface area contributed by atoms with E-state index in [1.54, 1.807) is 20.8 Å². The van der Waals surface area contributed by atoms with E-state index in [0.717, 1.165) is 22.3 Å². The monoisotopic (exact) mass is 451 g/mol. The number of carbonyl (C=O) groups excluding carboxylic acids is 3. The van der Waals surface area contributed by atoms with Crippen LogP contribution in [0.15, 0.2) is 48.5 Å². The van der Waals surface area contributed by atoms with Gasteiger partial charge in [0, 0.05) is 12.5 Å². The first kappa shape index (κ1) is 22.6. The molecule has 0 spiro atoms. The summed E-state index contributed by atoms with van der Waals surface area (Å²) < 4.78 is 10.8. The number of hydrazine groups is 1. The summed E-state index contributed by atoms with van der Waals surface area (Å²) >= 11 is 0. The van der Waals surface area contributed by atoms with Gasteiger partial charge in [0.2, 0.25) is 0 Å². The van der Waals surface area contributed by atoms with Crippen LogP contribution < -0.4 is 10.9 Å². The van der Waals surface area contributed by atoms with Crippen molar-refractivity contribution >= 4 is 18.1 Å². The van der Waals surface area contributed by atoms with Crippen molar-refractivity contribution in [1.82, 2.24) is 15.8 Å². The maximum atomic E-state index is 12.6. The van der Waals surface area contributed by atoms with Gasteiger partial charge in [-0.3, -0.25) is 15.1 Å². The van der Waals surface area contributed by atoms with Crippen LogP contribution >= 0.6 is 0 Å². The summed E-state index contributed by atoms with van der Waals surface area (Å²) in [4.78, 5) is 38.6. The Morgan fingerprint density at radius 2 is 1.58 bits per heavy atom. The molecule has 2 N–H and O–H groups in total. The van der Waals surface area contributed by atoms with Crippen LogP contribution in [0.4, 0.5) is 9.59 Å². The Morgan fingerprint density at radius 1 is 0.970 bits per heavy atom. The van der Waals surface area contributed by atoms with Crippen molar-refractivity contribution in [1.29, 1.82) is 0 Å². The van der Waals surface area contributed by atoms with E-state index in [-0.39, 0.29) is 12.5 Å². The zero-order chi connectivity index (χ0) is 23.6. The van der Waals surface area contributed by atoms with Crippen LogP contribution in [0.5, 0.6) is 0 Å². The summed E-state index contributed by atoms with van der Waals surface area (Å²) in [6, 6.07) is 15.4. The molecule has 1 atom stereocenters. The lowest BCUT2D eigenvalue weighted by molar-refractivity contribution is -0.126. The third-order valence-electron chi connectivity index (χ3n) is 5.81. The van der Waals surface area contributed by atoms with E-state index < -0.39 is 29.7 Å². The number of amides is 3. The fraction of sp³-hybridized carbons (Fsp3) is 0.400. The van der Waals surface area contributed by atoms with Gasteiger partial charge in [-0.1, -0.05) is 48.5 Å². The van der Waals surface area contributed by atoms with E-state index in [9.17, 15) is 14.4 Å². The van der Waals surface area contributed by atoms with E-state index in [0.29, 0.717) is 19.4 Å². The summed E-state index contributed by atoms with van der Waals surface area (Å²) in [6.07, 6.45) is -0.118. The number of carbonyl (C=O) groups is 3. The number of fused-ring (bicyclic) bond motifs is 3. The lowest BCUT2D eigenvalue weighted by atomic mass is 9.98. The molecule has 1 saturated heterocycles. The number of hydrogen-bond donors (Lipinski definition) is 2. The van der Waals surface area contributed by atoms with Gasteiger partial charge in [-0.25, -0.2) is 15.0 Å². The van der Waals surface area contributed by atoms with E-state index >= 15 is 0 Å². The van der Waals surface area contributed by atoms with Crippen LogP contribution in [0.25, 0.3) is 11.1 Å². The largest absolute Gasteiger partial charge is 0.447 e. The molecule has 0 saturated carbocycles. The summed E-state index contributed by atoms with van der Waals surface area (Å²) in [6.45, 7) is 5.89. The lowest BCUT2D eigenvalue weighted by Gasteiger charge is -2.28. The maximum Gasteiger partial charge on any atom is 0.426 e. The standard InChI is InChI=1S/C25H29N3O5/c1-25(2,3)33-24(31)28-14-8-13-21(28)22(29)26-27-23(30)32-15-20-18-11-6-4-9-16(18)17-10-5-7-12-19(17)20/h4-7,9-12,20-21H,8,13-15H2,1-3H3,(H,26,29)(H,27,30)/t21-/m1/s1. The third kappa shape index (κ3) is 4.94. The molecule has 0 aromatic heterocycles. The van der Waals surface area contributed by atoms with Crippen LogP contribution in [-0.4, -0.2) is 47.8 Å². The summed E-state index contributed by atoms with van der Waals surface area (Å²) in [7, 11) is 0. The van der Waals surface area contributed by atoms with E-state index in [4.69, 9.17) is 9.47 Å². The lowest BCUT2D eigenvalue weighted by Crippen LogP contribution is -2.52. The minimum absolute atomic E-state index is 0.0728. The number of rotatable bonds is 3. The molecule has 174 valence electrons. The molecular weight excluding hydrogens is 422 g/mol.